The van der Waals surface area contributed by atoms with Crippen molar-refractivity contribution in [2.24, 2.45) is 10.7 Å². The van der Waals surface area contributed by atoms with Crippen LogP contribution < -0.4 is 10.5 Å². The van der Waals surface area contributed by atoms with Gasteiger partial charge in [0, 0.05) is 18.4 Å². The van der Waals surface area contributed by atoms with E-state index in [0.717, 1.165) is 18.5 Å². The number of hydrogen-bond acceptors (Lipinski definition) is 7. The van der Waals surface area contributed by atoms with E-state index < -0.39 is 48.7 Å². The van der Waals surface area contributed by atoms with Crippen molar-refractivity contribution in [3.8, 4) is 5.88 Å². The van der Waals surface area contributed by atoms with Gasteiger partial charge in [0.05, 0.1) is 17.9 Å². The average Bonchev–Trinajstić information content (AvgIpc) is 2.69. The van der Waals surface area contributed by atoms with Crippen LogP contribution in [0.25, 0.3) is 0 Å². The summed E-state index contributed by atoms with van der Waals surface area (Å²) in [4.78, 5) is 23.9. The van der Waals surface area contributed by atoms with Crippen LogP contribution in [0.2, 0.25) is 0 Å². The van der Waals surface area contributed by atoms with Gasteiger partial charge in [-0.25, -0.2) is 23.7 Å². The number of hydrogen-bond donors (Lipinski definition) is 1. The number of nitrogens with zero attached hydrogens (tertiary/aromatic N) is 3. The molecule has 0 saturated heterocycles. The van der Waals surface area contributed by atoms with Gasteiger partial charge in [-0.15, -0.1) is 0 Å². The Labute approximate surface area is 173 Å². The average molecular weight is 444 g/mol. The van der Waals surface area contributed by atoms with E-state index in [9.17, 15) is 26.7 Å². The molecule has 0 spiro atoms. The van der Waals surface area contributed by atoms with E-state index in [2.05, 4.69) is 24.4 Å². The van der Waals surface area contributed by atoms with Crippen LogP contribution >= 0.6 is 0 Å². The zero-order valence-corrected chi connectivity index (χ0v) is 16.1. The van der Waals surface area contributed by atoms with E-state index in [1.807, 2.05) is 0 Å². The molecule has 0 radical (unpaired) electrons. The van der Waals surface area contributed by atoms with Gasteiger partial charge in [0.1, 0.15) is 11.5 Å². The zero-order valence-electron chi connectivity index (χ0n) is 16.1. The Hall–Kier alpha value is -3.31. The molecule has 2 aromatic rings. The van der Waals surface area contributed by atoms with Crippen molar-refractivity contribution in [3.63, 3.8) is 0 Å². The molecule has 7 nitrogen and oxygen atoms in total. The smallest absolute Gasteiger partial charge is 0.425 e. The molecule has 0 unspecified atom stereocenters. The summed E-state index contributed by atoms with van der Waals surface area (Å²) in [5.41, 5.74) is 3.87. The Morgan fingerprint density at radius 2 is 2.06 bits per heavy atom. The molecule has 0 fully saturated rings. The lowest BCUT2D eigenvalue weighted by molar-refractivity contribution is -0.208. The van der Waals surface area contributed by atoms with Gasteiger partial charge in [-0.1, -0.05) is 6.07 Å². The van der Waals surface area contributed by atoms with Crippen molar-refractivity contribution in [2.45, 2.75) is 37.6 Å². The van der Waals surface area contributed by atoms with Crippen molar-refractivity contribution >= 4 is 11.8 Å². The lowest BCUT2D eigenvalue weighted by Gasteiger charge is -2.36. The maximum atomic E-state index is 14.5. The lowest BCUT2D eigenvalue weighted by atomic mass is 9.84. The fourth-order valence-corrected chi connectivity index (χ4v) is 3.18. The van der Waals surface area contributed by atoms with Crippen LogP contribution in [-0.2, 0) is 16.7 Å². The van der Waals surface area contributed by atoms with Gasteiger partial charge in [-0.2, -0.15) is 13.2 Å². The molecular weight excluding hydrogens is 427 g/mol. The quantitative estimate of drug-likeness (QED) is 0.543. The fraction of sp³-hybridized carbons (Fsp3) is 0.368. The standard InChI is InChI=1S/C19H17F5N4O3/c1-18(6-15(19(22,23)24)31-17(25)28-18)11-4-10(2-3-12(11)21)5-14(29)13-7-27-16(8-26-13)30-9-20/h2-4,7-8,15H,5-6,9H2,1H3,(H2,25,28)/t15-,18-/m0/s1. The highest BCUT2D eigenvalue weighted by molar-refractivity contribution is 5.95. The van der Waals surface area contributed by atoms with Crippen LogP contribution in [-0.4, -0.2) is 40.9 Å². The molecule has 0 saturated carbocycles. The molecule has 0 bridgehead atoms. The van der Waals surface area contributed by atoms with Gasteiger partial charge in [0.2, 0.25) is 12.7 Å². The molecule has 2 heterocycles. The van der Waals surface area contributed by atoms with Crippen molar-refractivity contribution in [1.29, 1.82) is 0 Å². The molecular formula is C19H17F5N4O3. The largest absolute Gasteiger partial charge is 0.452 e. The summed E-state index contributed by atoms with van der Waals surface area (Å²) < 4.78 is 75.2. The number of alkyl halides is 4. The van der Waals surface area contributed by atoms with Crippen molar-refractivity contribution in [2.75, 3.05) is 6.86 Å². The number of ether oxygens (including phenoxy) is 2. The predicted octanol–water partition coefficient (Wildman–Crippen LogP) is 3.23. The molecule has 2 N–H and O–H groups in total. The number of Topliss-reactive ketones (excluding diaryl/α,β-unsaturated/α-hetero) is 1. The Kier molecular flexibility index (Phi) is 6.09. The maximum absolute atomic E-state index is 14.5. The van der Waals surface area contributed by atoms with E-state index in [4.69, 9.17) is 5.73 Å². The third-order valence-corrected chi connectivity index (χ3v) is 4.66. The number of rotatable bonds is 6. The van der Waals surface area contributed by atoms with Crippen LogP contribution in [0.3, 0.4) is 0 Å². The minimum atomic E-state index is -4.72. The Bertz CT molecular complexity index is 997. The second-order valence-electron chi connectivity index (χ2n) is 6.98. The minimum Gasteiger partial charge on any atom is -0.452 e. The van der Waals surface area contributed by atoms with E-state index in [0.29, 0.717) is 5.56 Å². The monoisotopic (exact) mass is 444 g/mol. The first kappa shape index (κ1) is 22.4. The van der Waals surface area contributed by atoms with E-state index in [1.54, 1.807) is 0 Å². The first-order valence-corrected chi connectivity index (χ1v) is 8.93. The molecule has 31 heavy (non-hydrogen) atoms. The summed E-state index contributed by atoms with van der Waals surface area (Å²) in [6.45, 7) is 0.201. The van der Waals surface area contributed by atoms with Crippen molar-refractivity contribution in [1.82, 2.24) is 9.97 Å². The molecule has 1 aliphatic rings. The van der Waals surface area contributed by atoms with Gasteiger partial charge < -0.3 is 15.2 Å². The van der Waals surface area contributed by atoms with Gasteiger partial charge >= 0.3 is 6.18 Å². The Morgan fingerprint density at radius 1 is 1.32 bits per heavy atom. The molecule has 3 rings (SSSR count). The maximum Gasteiger partial charge on any atom is 0.425 e. The first-order chi connectivity index (χ1) is 14.5. The number of nitrogens with two attached hydrogens (primary N) is 1. The number of amidine groups is 1. The molecule has 1 aromatic carbocycles. The second-order valence-corrected chi connectivity index (χ2v) is 6.98. The molecule has 166 valence electrons. The molecule has 1 aromatic heterocycles. The van der Waals surface area contributed by atoms with Crippen molar-refractivity contribution in [3.05, 3.63) is 53.2 Å². The Balaban J connectivity index is 1.86. The molecule has 0 amide bonds. The highest BCUT2D eigenvalue weighted by Crippen LogP contribution is 2.41. The van der Waals surface area contributed by atoms with E-state index >= 15 is 0 Å². The number of carbonyl (C=O) groups excluding carboxylic acids is 1. The lowest BCUT2D eigenvalue weighted by Crippen LogP contribution is -2.46. The summed E-state index contributed by atoms with van der Waals surface area (Å²) in [6.07, 6.45) is -5.73. The van der Waals surface area contributed by atoms with Gasteiger partial charge in [-0.05, 0) is 24.6 Å². The Morgan fingerprint density at radius 3 is 2.68 bits per heavy atom. The highest BCUT2D eigenvalue weighted by Gasteiger charge is 2.50. The van der Waals surface area contributed by atoms with Gasteiger partial charge in [0.15, 0.2) is 11.9 Å². The zero-order chi connectivity index (χ0) is 22.8. The topological polar surface area (TPSA) is 99.7 Å². The predicted molar refractivity (Wildman–Crippen MR) is 97.6 cm³/mol. The number of ketones is 1. The van der Waals surface area contributed by atoms with E-state index in [1.165, 1.54) is 19.1 Å². The summed E-state index contributed by atoms with van der Waals surface area (Å²) in [5.74, 6) is -1.40. The molecule has 12 heteroatoms. The second kappa shape index (κ2) is 8.44. The number of benzene rings is 1. The number of aliphatic imine (C=N–C) groups is 1. The number of halogens is 5. The number of carbonyl (C=O) groups is 1. The third-order valence-electron chi connectivity index (χ3n) is 4.66. The van der Waals surface area contributed by atoms with Crippen LogP contribution in [0.1, 0.15) is 35.0 Å². The normalized spacial score (nSPS) is 21.2. The van der Waals surface area contributed by atoms with Crippen LogP contribution in [0, 0.1) is 5.82 Å². The van der Waals surface area contributed by atoms with Gasteiger partial charge in [0.25, 0.3) is 6.02 Å². The summed E-state index contributed by atoms with van der Waals surface area (Å²) in [6, 6.07) is 2.91. The van der Waals surface area contributed by atoms with Crippen LogP contribution in [0.5, 0.6) is 5.88 Å². The SMILES string of the molecule is C[C@@]1(c2cc(CC(=O)c3cnc(OCF)cn3)ccc2F)C[C@@H](C(F)(F)F)OC(N)=N1. The summed E-state index contributed by atoms with van der Waals surface area (Å²) in [5, 5.41) is 0. The third kappa shape index (κ3) is 5.06. The molecule has 0 aliphatic carbocycles. The number of aromatic nitrogens is 2. The minimum absolute atomic E-state index is 0.0474. The first-order valence-electron chi connectivity index (χ1n) is 8.93. The summed E-state index contributed by atoms with van der Waals surface area (Å²) >= 11 is 0. The fourth-order valence-electron chi connectivity index (χ4n) is 3.18. The highest BCUT2D eigenvalue weighted by atomic mass is 19.4. The van der Waals surface area contributed by atoms with Crippen LogP contribution in [0.4, 0.5) is 22.0 Å². The summed E-state index contributed by atoms with van der Waals surface area (Å²) in [7, 11) is 0. The van der Waals surface area contributed by atoms with Crippen molar-refractivity contribution < 1.29 is 36.2 Å². The van der Waals surface area contributed by atoms with E-state index in [-0.39, 0.29) is 23.6 Å². The molecule has 1 aliphatic heterocycles. The molecule has 2 atom stereocenters. The van der Waals surface area contributed by atoms with Gasteiger partial charge in [-0.3, -0.25) is 4.79 Å². The van der Waals surface area contributed by atoms with Crippen LogP contribution in [0.15, 0.2) is 35.6 Å².